The van der Waals surface area contributed by atoms with E-state index in [4.69, 9.17) is 57.1 Å². The van der Waals surface area contributed by atoms with E-state index in [1.165, 1.54) is 0 Å². The Morgan fingerprint density at radius 2 is 1.36 bits per heavy atom. The van der Waals surface area contributed by atoms with Gasteiger partial charge in [0, 0.05) is 25.0 Å². The maximum atomic E-state index is 11.4. The van der Waals surface area contributed by atoms with Crippen LogP contribution >= 0.6 is 0 Å². The summed E-state index contributed by atoms with van der Waals surface area (Å²) in [5.74, 6) is 0.0500. The predicted octanol–water partition coefficient (Wildman–Crippen LogP) is -4.79. The van der Waals surface area contributed by atoms with Gasteiger partial charge < -0.3 is 87.4 Å². The molecule has 0 radical (unpaired) electrons. The summed E-state index contributed by atoms with van der Waals surface area (Å²) in [6.07, 6.45) is -11.7. The highest BCUT2D eigenvalue weighted by atomic mass is 16.8. The molecule has 17 nitrogen and oxygen atoms in total. The second-order valence-corrected chi connectivity index (χ2v) is 12.6. The molecule has 3 aliphatic heterocycles. The normalized spacial score (nSPS) is 49.2. The number of nitrogens with two attached hydrogens (primary N) is 5. The average molecular weight is 652 g/mol. The van der Waals surface area contributed by atoms with E-state index in [-0.39, 0.29) is 38.3 Å². The lowest BCUT2D eigenvalue weighted by Gasteiger charge is -2.46. The Balaban J connectivity index is 1.51. The van der Waals surface area contributed by atoms with Gasteiger partial charge in [0.1, 0.15) is 49.0 Å². The first-order chi connectivity index (χ1) is 21.4. The Bertz CT molecular complexity index is 927. The predicted molar refractivity (Wildman–Crippen MR) is 156 cm³/mol. The zero-order chi connectivity index (χ0) is 33.0. The molecule has 3 heterocycles. The van der Waals surface area contributed by atoms with Crippen molar-refractivity contribution in [2.24, 2.45) is 34.6 Å². The molecule has 0 bridgehead atoms. The average Bonchev–Trinajstić information content (AvgIpc) is 3.30. The summed E-state index contributed by atoms with van der Waals surface area (Å²) in [7, 11) is 0. The van der Waals surface area contributed by atoms with Gasteiger partial charge in [0.2, 0.25) is 0 Å². The topological polar surface area (TPSA) is 304 Å². The van der Waals surface area contributed by atoms with Crippen molar-refractivity contribution in [2.75, 3.05) is 13.2 Å². The van der Waals surface area contributed by atoms with Crippen LogP contribution in [0.15, 0.2) is 0 Å². The third-order valence-corrected chi connectivity index (χ3v) is 9.38. The molecule has 15 N–H and O–H groups in total. The van der Waals surface area contributed by atoms with E-state index in [0.29, 0.717) is 12.7 Å². The molecule has 4 fully saturated rings. The fraction of sp³-hybridized carbons (Fsp3) is 0.964. The summed E-state index contributed by atoms with van der Waals surface area (Å²) in [5, 5.41) is 53.1. The minimum atomic E-state index is -1.50. The number of carbonyl (C=O) groups excluding carboxylic acids is 1. The van der Waals surface area contributed by atoms with Gasteiger partial charge in [-0.2, -0.15) is 0 Å². The van der Waals surface area contributed by atoms with Gasteiger partial charge in [0.05, 0.1) is 37.0 Å². The van der Waals surface area contributed by atoms with Gasteiger partial charge in [-0.05, 0) is 31.6 Å². The van der Waals surface area contributed by atoms with Crippen molar-refractivity contribution in [2.45, 2.75) is 150 Å². The van der Waals surface area contributed by atoms with E-state index in [1.807, 2.05) is 6.92 Å². The van der Waals surface area contributed by atoms with Crippen molar-refractivity contribution in [1.29, 1.82) is 0 Å². The Hall–Kier alpha value is -0.970. The van der Waals surface area contributed by atoms with Crippen molar-refractivity contribution >= 4 is 6.29 Å². The summed E-state index contributed by atoms with van der Waals surface area (Å²) < 4.78 is 36.1. The summed E-state index contributed by atoms with van der Waals surface area (Å²) in [6.45, 7) is 1.68. The standard InChI is InChI=1S/C28H53N5O12/c1-2-4-11-7-14(32)26(42-17(11)10-35)43-23-13(31)8-12(30)19(36)25(23)45-28-22(39)24(15(40-28)5-3-6-34)44-27-18(33)21(38)20(37)16(9-29)41-27/h6,11-28,35-39H,2-5,7-10,29-33H2,1H3/t11-,12+,13?,14?,15+,16-,17?,18?,19?,20+,21?,22?,23+,24-,25+,26+,27+,28-/m0/s1. The number of ether oxygens (including phenoxy) is 6. The Morgan fingerprint density at radius 1 is 0.711 bits per heavy atom. The second-order valence-electron chi connectivity index (χ2n) is 12.6. The van der Waals surface area contributed by atoms with Gasteiger partial charge in [0.25, 0.3) is 0 Å². The molecule has 4 rings (SSSR count). The third-order valence-electron chi connectivity index (χ3n) is 9.38. The van der Waals surface area contributed by atoms with Crippen LogP contribution in [0.5, 0.6) is 0 Å². The van der Waals surface area contributed by atoms with Crippen LogP contribution in [-0.2, 0) is 33.2 Å². The highest BCUT2D eigenvalue weighted by Gasteiger charge is 2.53. The van der Waals surface area contributed by atoms with Crippen LogP contribution in [0.3, 0.4) is 0 Å². The number of aldehydes is 1. The molecule has 3 saturated heterocycles. The maximum absolute atomic E-state index is 11.4. The molecule has 17 heteroatoms. The molecule has 45 heavy (non-hydrogen) atoms. The number of hydrogen-bond donors (Lipinski definition) is 10. The fourth-order valence-electron chi connectivity index (χ4n) is 6.79. The molecule has 4 aliphatic rings. The van der Waals surface area contributed by atoms with Crippen molar-refractivity contribution in [1.82, 2.24) is 0 Å². The Kier molecular flexibility index (Phi) is 13.5. The van der Waals surface area contributed by atoms with Crippen LogP contribution in [0.2, 0.25) is 0 Å². The zero-order valence-electron chi connectivity index (χ0n) is 25.6. The van der Waals surface area contributed by atoms with Gasteiger partial charge in [-0.15, -0.1) is 0 Å². The van der Waals surface area contributed by atoms with Gasteiger partial charge in [-0.25, -0.2) is 0 Å². The van der Waals surface area contributed by atoms with Crippen LogP contribution in [0, 0.1) is 5.92 Å². The highest BCUT2D eigenvalue weighted by Crippen LogP contribution is 2.36. The van der Waals surface area contributed by atoms with E-state index in [2.05, 4.69) is 0 Å². The summed E-state index contributed by atoms with van der Waals surface area (Å²) >= 11 is 0. The third kappa shape index (κ3) is 8.19. The van der Waals surface area contributed by atoms with E-state index in [0.717, 1.165) is 12.8 Å². The second kappa shape index (κ2) is 16.4. The molecule has 0 aromatic rings. The maximum Gasteiger partial charge on any atom is 0.187 e. The number of carbonyl (C=O) groups is 1. The van der Waals surface area contributed by atoms with Crippen LogP contribution in [0.4, 0.5) is 0 Å². The van der Waals surface area contributed by atoms with Crippen LogP contribution < -0.4 is 28.7 Å². The lowest BCUT2D eigenvalue weighted by Crippen LogP contribution is -2.66. The molecule has 0 spiro atoms. The molecule has 0 aromatic carbocycles. The van der Waals surface area contributed by atoms with E-state index in [1.54, 1.807) is 0 Å². The first kappa shape index (κ1) is 36.9. The number of hydrogen-bond acceptors (Lipinski definition) is 17. The zero-order valence-corrected chi connectivity index (χ0v) is 25.6. The molecule has 18 atom stereocenters. The van der Waals surface area contributed by atoms with Crippen LogP contribution in [0.1, 0.15) is 45.4 Å². The van der Waals surface area contributed by atoms with E-state index >= 15 is 0 Å². The summed E-state index contributed by atoms with van der Waals surface area (Å²) in [4.78, 5) is 11.2. The quantitative estimate of drug-likeness (QED) is 0.0835. The highest BCUT2D eigenvalue weighted by molar-refractivity contribution is 5.49. The molecule has 1 aliphatic carbocycles. The molecule has 7 unspecified atom stereocenters. The molecule has 0 amide bonds. The van der Waals surface area contributed by atoms with Crippen molar-refractivity contribution < 1.29 is 58.7 Å². The smallest absolute Gasteiger partial charge is 0.187 e. The first-order valence-corrected chi connectivity index (χ1v) is 15.9. The van der Waals surface area contributed by atoms with Crippen molar-refractivity contribution in [3.05, 3.63) is 0 Å². The Morgan fingerprint density at radius 3 is 2.00 bits per heavy atom. The molecule has 0 aromatic heterocycles. The number of rotatable bonds is 13. The fourth-order valence-corrected chi connectivity index (χ4v) is 6.79. The molecule has 1 saturated carbocycles. The number of aliphatic hydroxyl groups is 5. The lowest BCUT2D eigenvalue weighted by molar-refractivity contribution is -0.295. The first-order valence-electron chi connectivity index (χ1n) is 15.9. The minimum absolute atomic E-state index is 0.0500. The monoisotopic (exact) mass is 651 g/mol. The van der Waals surface area contributed by atoms with Crippen LogP contribution in [0.25, 0.3) is 0 Å². The van der Waals surface area contributed by atoms with E-state index < -0.39 is 104 Å². The summed E-state index contributed by atoms with van der Waals surface area (Å²) in [6, 6.07) is -3.27. The van der Waals surface area contributed by atoms with Crippen molar-refractivity contribution in [3.63, 3.8) is 0 Å². The van der Waals surface area contributed by atoms with Gasteiger partial charge in [0.15, 0.2) is 18.9 Å². The SMILES string of the molecule is CCC[C@H]1CC(N)[C@@H](O[C@@H]2C(N)C[C@@H](N)C(O)[C@H]2O[C@@H]2O[C@H](CCC=O)[C@H](O[C@H]3O[C@@H](CN)[C@@H](O)C(O)C3N)C2O)OC1CO. The molecule has 262 valence electrons. The van der Waals surface area contributed by atoms with E-state index in [9.17, 15) is 30.3 Å². The number of aliphatic hydroxyl groups excluding tert-OH is 5. The summed E-state index contributed by atoms with van der Waals surface area (Å²) in [5.41, 5.74) is 30.8. The molecular weight excluding hydrogens is 598 g/mol. The molecular formula is C28H53N5O12. The van der Waals surface area contributed by atoms with Gasteiger partial charge >= 0.3 is 0 Å². The van der Waals surface area contributed by atoms with Gasteiger partial charge in [-0.1, -0.05) is 13.3 Å². The minimum Gasteiger partial charge on any atom is -0.394 e. The lowest BCUT2D eigenvalue weighted by atomic mass is 9.84. The van der Waals surface area contributed by atoms with Gasteiger partial charge in [-0.3, -0.25) is 0 Å². The largest absolute Gasteiger partial charge is 0.394 e. The Labute approximate surface area is 262 Å². The van der Waals surface area contributed by atoms with Crippen molar-refractivity contribution in [3.8, 4) is 0 Å². The van der Waals surface area contributed by atoms with Crippen LogP contribution in [-0.4, -0.2) is 149 Å².